The Labute approximate surface area is 192 Å². The molecule has 7 heteroatoms. The number of rotatable bonds is 6. The minimum Gasteiger partial charge on any atom is -0.485 e. The Morgan fingerprint density at radius 3 is 2.67 bits per heavy atom. The fourth-order valence-corrected chi connectivity index (χ4v) is 4.06. The summed E-state index contributed by atoms with van der Waals surface area (Å²) in [6.07, 6.45) is 1.48. The number of pyridine rings is 1. The van der Waals surface area contributed by atoms with Crippen molar-refractivity contribution in [3.8, 4) is 22.8 Å². The molecule has 172 valence electrons. The average molecular weight is 451 g/mol. The Morgan fingerprint density at radius 1 is 1.15 bits per heavy atom. The molecule has 2 heterocycles. The fourth-order valence-electron chi connectivity index (χ4n) is 4.06. The number of aromatic nitrogens is 1. The number of hydrogen-bond acceptors (Lipinski definition) is 6. The van der Waals surface area contributed by atoms with E-state index in [2.05, 4.69) is 4.98 Å². The van der Waals surface area contributed by atoms with Crippen LogP contribution in [0.5, 0.6) is 11.6 Å². The van der Waals surface area contributed by atoms with E-state index in [9.17, 15) is 9.90 Å². The molecule has 3 aromatic rings. The third-order valence-electron chi connectivity index (χ3n) is 6.05. The van der Waals surface area contributed by atoms with Crippen LogP contribution in [0.2, 0.25) is 0 Å². The molecule has 4 rings (SSSR count). The van der Waals surface area contributed by atoms with Crippen molar-refractivity contribution in [3.63, 3.8) is 0 Å². The van der Waals surface area contributed by atoms with Gasteiger partial charge in [0.2, 0.25) is 5.88 Å². The third-order valence-corrected chi connectivity index (χ3v) is 6.05. The molecule has 0 aliphatic carbocycles. The molecule has 0 radical (unpaired) electrons. The van der Waals surface area contributed by atoms with E-state index in [1.165, 1.54) is 20.3 Å². The van der Waals surface area contributed by atoms with Crippen LogP contribution in [0, 0.1) is 11.7 Å². The van der Waals surface area contributed by atoms with E-state index >= 15 is 4.39 Å². The monoisotopic (exact) mass is 451 g/mol. The molecule has 0 saturated carbocycles. The second-order valence-corrected chi connectivity index (χ2v) is 8.09. The van der Waals surface area contributed by atoms with Gasteiger partial charge in [0.1, 0.15) is 17.7 Å². The van der Waals surface area contributed by atoms with Crippen molar-refractivity contribution < 1.29 is 28.5 Å². The van der Waals surface area contributed by atoms with Gasteiger partial charge in [-0.2, -0.15) is 0 Å². The van der Waals surface area contributed by atoms with Crippen LogP contribution in [-0.2, 0) is 16.0 Å². The lowest BCUT2D eigenvalue weighted by Crippen LogP contribution is -2.21. The van der Waals surface area contributed by atoms with E-state index in [1.807, 2.05) is 12.1 Å². The zero-order valence-electron chi connectivity index (χ0n) is 18.7. The van der Waals surface area contributed by atoms with E-state index in [-0.39, 0.29) is 5.82 Å². The van der Waals surface area contributed by atoms with Gasteiger partial charge in [0.15, 0.2) is 0 Å². The first-order chi connectivity index (χ1) is 15.9. The standard InChI is InChI=1S/C26H26FNO5/c1-15(26(30)32-3)25(29)19-5-4-16-7-9-22(33-23(16)13-19)20-8-6-17(12-21(20)27)18-10-11-28-24(14-18)31-2/h4-6,8,10-15,22,25,29H,7,9H2,1-3H3/t15-,22?,25+/m0/s1. The predicted molar refractivity (Wildman–Crippen MR) is 120 cm³/mol. The number of aliphatic hydroxyl groups is 1. The predicted octanol–water partition coefficient (Wildman–Crippen LogP) is 4.81. The zero-order chi connectivity index (χ0) is 23.5. The van der Waals surface area contributed by atoms with Crippen molar-refractivity contribution in [2.75, 3.05) is 14.2 Å². The maximum absolute atomic E-state index is 15.1. The largest absolute Gasteiger partial charge is 0.485 e. The number of hydrogen-bond donors (Lipinski definition) is 1. The van der Waals surface area contributed by atoms with Crippen LogP contribution < -0.4 is 9.47 Å². The second kappa shape index (κ2) is 9.58. The molecule has 0 bridgehead atoms. The summed E-state index contributed by atoms with van der Waals surface area (Å²) in [7, 11) is 2.83. The molecular formula is C26H26FNO5. The lowest BCUT2D eigenvalue weighted by molar-refractivity contribution is -0.148. The van der Waals surface area contributed by atoms with Crippen molar-refractivity contribution in [1.29, 1.82) is 0 Å². The Morgan fingerprint density at radius 2 is 1.94 bits per heavy atom. The third kappa shape index (κ3) is 4.68. The molecule has 0 spiro atoms. The van der Waals surface area contributed by atoms with Gasteiger partial charge in [0.05, 0.1) is 26.2 Å². The van der Waals surface area contributed by atoms with Gasteiger partial charge in [-0.15, -0.1) is 0 Å². The van der Waals surface area contributed by atoms with Crippen molar-refractivity contribution in [3.05, 3.63) is 77.2 Å². The highest BCUT2D eigenvalue weighted by molar-refractivity contribution is 5.72. The maximum atomic E-state index is 15.1. The van der Waals surface area contributed by atoms with E-state index < -0.39 is 24.1 Å². The van der Waals surface area contributed by atoms with E-state index in [0.717, 1.165) is 16.7 Å². The van der Waals surface area contributed by atoms with Gasteiger partial charge in [-0.25, -0.2) is 9.37 Å². The van der Waals surface area contributed by atoms with Gasteiger partial charge < -0.3 is 19.3 Å². The number of carbonyl (C=O) groups is 1. The maximum Gasteiger partial charge on any atom is 0.311 e. The Balaban J connectivity index is 1.56. The Hall–Kier alpha value is -3.45. The number of nitrogens with zero attached hydrogens (tertiary/aromatic N) is 1. The fraction of sp³-hybridized carbons (Fsp3) is 0.308. The van der Waals surface area contributed by atoms with Gasteiger partial charge in [-0.05, 0) is 60.2 Å². The molecule has 0 saturated heterocycles. The molecule has 2 aromatic carbocycles. The SMILES string of the molecule is COC(=O)[C@@H](C)[C@@H](O)c1ccc2c(c1)OC(c1ccc(-c3ccnc(OC)c3)cc1F)CC2. The molecule has 0 fully saturated rings. The number of fused-ring (bicyclic) bond motifs is 1. The highest BCUT2D eigenvalue weighted by Gasteiger charge is 2.28. The minimum atomic E-state index is -1.03. The summed E-state index contributed by atoms with van der Waals surface area (Å²) in [5, 5.41) is 10.6. The molecule has 1 aromatic heterocycles. The van der Waals surface area contributed by atoms with Crippen molar-refractivity contribution in [1.82, 2.24) is 4.98 Å². The Kier molecular flexibility index (Phi) is 6.60. The van der Waals surface area contributed by atoms with Crippen molar-refractivity contribution in [2.45, 2.75) is 32.0 Å². The smallest absolute Gasteiger partial charge is 0.311 e. The minimum absolute atomic E-state index is 0.354. The summed E-state index contributed by atoms with van der Waals surface area (Å²) in [6.45, 7) is 1.61. The first-order valence-electron chi connectivity index (χ1n) is 10.8. The summed E-state index contributed by atoms with van der Waals surface area (Å²) in [5.41, 5.74) is 3.53. The van der Waals surface area contributed by atoms with Crippen molar-refractivity contribution in [2.24, 2.45) is 5.92 Å². The average Bonchev–Trinajstić information content (AvgIpc) is 2.86. The van der Waals surface area contributed by atoms with Crippen LogP contribution in [0.15, 0.2) is 54.7 Å². The number of aliphatic hydroxyl groups excluding tert-OH is 1. The van der Waals surface area contributed by atoms with Crippen LogP contribution in [0.3, 0.4) is 0 Å². The molecule has 1 aliphatic heterocycles. The lowest BCUT2D eigenvalue weighted by Gasteiger charge is -2.28. The number of methoxy groups -OCH3 is 2. The van der Waals surface area contributed by atoms with Crippen LogP contribution >= 0.6 is 0 Å². The molecule has 33 heavy (non-hydrogen) atoms. The van der Waals surface area contributed by atoms with Gasteiger partial charge in [0.25, 0.3) is 0 Å². The van der Waals surface area contributed by atoms with Crippen molar-refractivity contribution >= 4 is 5.97 Å². The molecule has 1 unspecified atom stereocenters. The second-order valence-electron chi connectivity index (χ2n) is 8.09. The molecular weight excluding hydrogens is 425 g/mol. The molecule has 1 aliphatic rings. The van der Waals surface area contributed by atoms with Crippen LogP contribution in [0.1, 0.15) is 42.2 Å². The van der Waals surface area contributed by atoms with E-state index in [4.69, 9.17) is 14.2 Å². The number of benzene rings is 2. The van der Waals surface area contributed by atoms with Gasteiger partial charge in [-0.1, -0.05) is 24.3 Å². The number of carbonyl (C=O) groups excluding carboxylic acids is 1. The van der Waals surface area contributed by atoms with Crippen LogP contribution in [-0.4, -0.2) is 30.3 Å². The molecule has 0 amide bonds. The van der Waals surface area contributed by atoms with Gasteiger partial charge in [-0.3, -0.25) is 4.79 Å². The van der Waals surface area contributed by atoms with Gasteiger partial charge >= 0.3 is 5.97 Å². The highest BCUT2D eigenvalue weighted by atomic mass is 19.1. The lowest BCUT2D eigenvalue weighted by atomic mass is 9.92. The van der Waals surface area contributed by atoms with E-state index in [0.29, 0.717) is 35.6 Å². The number of halogens is 1. The van der Waals surface area contributed by atoms with E-state index in [1.54, 1.807) is 43.5 Å². The summed E-state index contributed by atoms with van der Waals surface area (Å²) in [6, 6.07) is 14.0. The van der Waals surface area contributed by atoms with Gasteiger partial charge in [0, 0.05) is 17.8 Å². The first-order valence-corrected chi connectivity index (χ1v) is 10.8. The van der Waals surface area contributed by atoms with Crippen LogP contribution in [0.25, 0.3) is 11.1 Å². The molecule has 3 atom stereocenters. The summed E-state index contributed by atoms with van der Waals surface area (Å²) in [5.74, 6) is -0.518. The highest BCUT2D eigenvalue weighted by Crippen LogP contribution is 2.39. The summed E-state index contributed by atoms with van der Waals surface area (Å²) >= 11 is 0. The molecule has 6 nitrogen and oxygen atoms in total. The number of ether oxygens (including phenoxy) is 3. The summed E-state index contributed by atoms with van der Waals surface area (Å²) < 4.78 is 31.1. The molecule has 1 N–H and O–H groups in total. The number of aryl methyl sites for hydroxylation is 1. The first kappa shape index (κ1) is 22.7. The van der Waals surface area contributed by atoms with Crippen LogP contribution in [0.4, 0.5) is 4.39 Å². The topological polar surface area (TPSA) is 77.9 Å². The Bertz CT molecular complexity index is 1170. The normalized spacial score (nSPS) is 16.8. The summed E-state index contributed by atoms with van der Waals surface area (Å²) in [4.78, 5) is 15.9. The quantitative estimate of drug-likeness (QED) is 0.542. The number of esters is 1. The zero-order valence-corrected chi connectivity index (χ0v) is 18.7.